The average Bonchev–Trinajstić information content (AvgIpc) is 3.09. The number of carbonyl (C=O) groups excluding carboxylic acids is 2. The summed E-state index contributed by atoms with van der Waals surface area (Å²) in [5, 5.41) is 9.85. The molecule has 8 nitrogen and oxygen atoms in total. The fourth-order valence-electron chi connectivity index (χ4n) is 3.65. The van der Waals surface area contributed by atoms with Crippen molar-refractivity contribution in [2.24, 2.45) is 0 Å². The van der Waals surface area contributed by atoms with E-state index >= 15 is 0 Å². The van der Waals surface area contributed by atoms with Crippen molar-refractivity contribution in [3.05, 3.63) is 46.0 Å². The molecule has 1 aromatic carbocycles. The molecule has 1 spiro atoms. The number of β-lactam (4-membered cyclic amide) rings is 1. The van der Waals surface area contributed by atoms with Crippen LogP contribution >= 0.6 is 31.9 Å². The Bertz CT molecular complexity index is 754. The third-order valence-corrected chi connectivity index (χ3v) is 6.36. The van der Waals surface area contributed by atoms with E-state index in [1.807, 2.05) is 30.3 Å². The Morgan fingerprint density at radius 2 is 1.92 bits per heavy atom. The van der Waals surface area contributed by atoms with Gasteiger partial charge < -0.3 is 4.74 Å². The van der Waals surface area contributed by atoms with Gasteiger partial charge in [-0.05, 0) is 51.3 Å². The van der Waals surface area contributed by atoms with Crippen LogP contribution in [0.4, 0.5) is 0 Å². The van der Waals surface area contributed by atoms with Crippen LogP contribution in [-0.2, 0) is 25.8 Å². The van der Waals surface area contributed by atoms with Crippen LogP contribution in [0.25, 0.3) is 0 Å². The number of rotatable bonds is 5. The minimum Gasteiger partial charge on any atom is -0.456 e. The van der Waals surface area contributed by atoms with Gasteiger partial charge >= 0.3 is 17.0 Å². The number of esters is 1. The van der Waals surface area contributed by atoms with Gasteiger partial charge in [0.2, 0.25) is 0 Å². The van der Waals surface area contributed by atoms with Crippen molar-refractivity contribution < 1.29 is 28.7 Å². The van der Waals surface area contributed by atoms with Gasteiger partial charge in [-0.25, -0.2) is 18.9 Å². The lowest BCUT2D eigenvalue weighted by Gasteiger charge is -2.44. The SMILES string of the molecule is CC1(C)C(C(=O)OCc2ccccc2)[N+]12C(=O)C(Br)(Br)C2O[N+](=O)[O-]. The third kappa shape index (κ3) is 2.42. The predicted octanol–water partition coefficient (Wildman–Crippen LogP) is 2.27. The molecule has 2 aliphatic rings. The molecular formula is C15H15Br2N2O6+. The highest BCUT2D eigenvalue weighted by molar-refractivity contribution is 9.26. The normalized spacial score (nSPS) is 31.1. The monoisotopic (exact) mass is 477 g/mol. The summed E-state index contributed by atoms with van der Waals surface area (Å²) >= 11 is 6.23. The number of ether oxygens (including phenoxy) is 1. The molecular weight excluding hydrogens is 464 g/mol. The number of hydrogen-bond donors (Lipinski definition) is 0. The third-order valence-electron chi connectivity index (χ3n) is 4.90. The van der Waals surface area contributed by atoms with Crippen LogP contribution in [0, 0.1) is 10.1 Å². The first-order chi connectivity index (χ1) is 11.6. The molecule has 10 heteroatoms. The molecule has 2 aliphatic heterocycles. The lowest BCUT2D eigenvalue weighted by Crippen LogP contribution is -2.74. The van der Waals surface area contributed by atoms with E-state index < -0.39 is 42.5 Å². The summed E-state index contributed by atoms with van der Waals surface area (Å²) in [6, 6.07) is 8.25. The van der Waals surface area contributed by atoms with Crippen LogP contribution in [0.2, 0.25) is 0 Å². The second kappa shape index (κ2) is 5.75. The van der Waals surface area contributed by atoms with E-state index in [0.29, 0.717) is 0 Å². The van der Waals surface area contributed by atoms with Crippen molar-refractivity contribution in [1.29, 1.82) is 0 Å². The second-order valence-corrected chi connectivity index (χ2v) is 10.1. The standard InChI is InChI=1S/C15H15Br2N2O6/c1-14(2)10(11(20)24-8-9-6-4-3-5-7-9)19(14)12(21)15(16,17)13(19)25-18(22)23/h3-7,10,13H,8H2,1-2H3/q+1. The maximum absolute atomic E-state index is 12.6. The van der Waals surface area contributed by atoms with Crippen molar-refractivity contribution in [2.75, 3.05) is 0 Å². The molecule has 2 fully saturated rings. The minimum atomic E-state index is -1.40. The van der Waals surface area contributed by atoms with E-state index in [0.717, 1.165) is 5.56 Å². The number of alkyl halides is 2. The van der Waals surface area contributed by atoms with E-state index in [9.17, 15) is 19.7 Å². The number of carbonyl (C=O) groups is 2. The highest BCUT2D eigenvalue weighted by Crippen LogP contribution is 2.67. The van der Waals surface area contributed by atoms with Crippen LogP contribution < -0.4 is 0 Å². The zero-order valence-electron chi connectivity index (χ0n) is 13.3. The topological polar surface area (TPSA) is 95.7 Å². The highest BCUT2D eigenvalue weighted by Gasteiger charge is 2.96. The predicted molar refractivity (Wildman–Crippen MR) is 91.8 cm³/mol. The second-order valence-electron chi connectivity index (χ2n) is 6.54. The van der Waals surface area contributed by atoms with E-state index in [2.05, 4.69) is 31.9 Å². The number of amides is 1. The molecule has 3 rings (SSSR count). The van der Waals surface area contributed by atoms with E-state index in [1.54, 1.807) is 13.8 Å². The van der Waals surface area contributed by atoms with Gasteiger partial charge in [0, 0.05) is 0 Å². The van der Waals surface area contributed by atoms with Crippen molar-refractivity contribution >= 4 is 43.7 Å². The first-order valence-electron chi connectivity index (χ1n) is 7.41. The lowest BCUT2D eigenvalue weighted by atomic mass is 10.1. The molecule has 3 atom stereocenters. The van der Waals surface area contributed by atoms with Crippen molar-refractivity contribution in [2.45, 2.75) is 41.5 Å². The minimum absolute atomic E-state index is 0.0645. The van der Waals surface area contributed by atoms with Gasteiger partial charge in [-0.2, -0.15) is 0 Å². The Morgan fingerprint density at radius 3 is 2.48 bits per heavy atom. The average molecular weight is 479 g/mol. The van der Waals surface area contributed by atoms with Crippen molar-refractivity contribution in [3.63, 3.8) is 0 Å². The number of halogens is 2. The lowest BCUT2D eigenvalue weighted by molar-refractivity contribution is -0.927. The van der Waals surface area contributed by atoms with E-state index in [1.165, 1.54) is 0 Å². The summed E-state index contributed by atoms with van der Waals surface area (Å²) < 4.78 is 3.45. The summed E-state index contributed by atoms with van der Waals surface area (Å²) in [4.78, 5) is 40.7. The Morgan fingerprint density at radius 1 is 1.32 bits per heavy atom. The molecule has 1 amide bonds. The van der Waals surface area contributed by atoms with Gasteiger partial charge in [0.15, 0.2) is 5.54 Å². The quantitative estimate of drug-likeness (QED) is 0.122. The smallest absolute Gasteiger partial charge is 0.372 e. The molecule has 0 aliphatic carbocycles. The zero-order chi connectivity index (χ0) is 18.6. The van der Waals surface area contributed by atoms with Crippen LogP contribution in [-0.4, -0.2) is 42.5 Å². The Labute approximate surface area is 160 Å². The number of quaternary nitrogens is 1. The fourth-order valence-corrected chi connectivity index (χ4v) is 5.05. The summed E-state index contributed by atoms with van der Waals surface area (Å²) in [5.74, 6) is -0.999. The first kappa shape index (κ1) is 18.3. The molecule has 0 N–H and O–H groups in total. The van der Waals surface area contributed by atoms with E-state index in [-0.39, 0.29) is 6.61 Å². The molecule has 2 heterocycles. The van der Waals surface area contributed by atoms with Gasteiger partial charge in [0.1, 0.15) is 6.61 Å². The largest absolute Gasteiger partial charge is 0.456 e. The maximum Gasteiger partial charge on any atom is 0.372 e. The van der Waals surface area contributed by atoms with Crippen molar-refractivity contribution in [1.82, 2.24) is 0 Å². The molecule has 0 radical (unpaired) electrons. The summed E-state index contributed by atoms with van der Waals surface area (Å²) in [5.41, 5.74) is -0.0551. The van der Waals surface area contributed by atoms with Gasteiger partial charge in [-0.3, -0.25) is 0 Å². The molecule has 3 unspecified atom stereocenters. The van der Waals surface area contributed by atoms with Crippen LogP contribution in [0.1, 0.15) is 19.4 Å². The van der Waals surface area contributed by atoms with Gasteiger partial charge in [0.05, 0.1) is 0 Å². The van der Waals surface area contributed by atoms with E-state index in [4.69, 9.17) is 9.57 Å². The van der Waals surface area contributed by atoms with Gasteiger partial charge in [-0.1, -0.05) is 30.3 Å². The summed E-state index contributed by atoms with van der Waals surface area (Å²) in [7, 11) is 0. The Kier molecular flexibility index (Phi) is 4.20. The Balaban J connectivity index is 1.79. The number of nitrogens with zero attached hydrogens (tertiary/aromatic N) is 2. The molecule has 1 aromatic rings. The first-order valence-corrected chi connectivity index (χ1v) is 8.99. The fraction of sp³-hybridized carbons (Fsp3) is 0.467. The molecule has 2 saturated heterocycles. The van der Waals surface area contributed by atoms with Gasteiger partial charge in [0.25, 0.3) is 15.5 Å². The molecule has 25 heavy (non-hydrogen) atoms. The summed E-state index contributed by atoms with van der Waals surface area (Å²) in [6.45, 7) is 3.44. The maximum atomic E-state index is 12.6. The van der Waals surface area contributed by atoms with Crippen molar-refractivity contribution in [3.8, 4) is 0 Å². The van der Waals surface area contributed by atoms with Gasteiger partial charge in [-0.15, -0.1) is 10.1 Å². The van der Waals surface area contributed by atoms with Crippen LogP contribution in [0.5, 0.6) is 0 Å². The zero-order valence-corrected chi connectivity index (χ0v) is 16.5. The molecule has 134 valence electrons. The van der Waals surface area contributed by atoms with Crippen LogP contribution in [0.15, 0.2) is 30.3 Å². The van der Waals surface area contributed by atoms with Crippen LogP contribution in [0.3, 0.4) is 0 Å². The molecule has 0 bridgehead atoms. The molecule has 0 aromatic heterocycles. The number of hydrogen-bond acceptors (Lipinski definition) is 6. The number of benzene rings is 1. The Hall–Kier alpha value is -1.52. The summed E-state index contributed by atoms with van der Waals surface area (Å²) in [6.07, 6.45) is -1.18. The highest BCUT2D eigenvalue weighted by atomic mass is 79.9. The molecule has 0 saturated carbocycles.